The molecule has 0 spiro atoms. The monoisotopic (exact) mass is 400 g/mol. The number of aromatic nitrogens is 2. The maximum Gasteiger partial charge on any atom is 0.245 e. The number of methoxy groups -OCH3 is 1. The van der Waals surface area contributed by atoms with Crippen molar-refractivity contribution in [3.63, 3.8) is 0 Å². The summed E-state index contributed by atoms with van der Waals surface area (Å²) in [7, 11) is 1.49. The van der Waals surface area contributed by atoms with E-state index in [9.17, 15) is 9.59 Å². The van der Waals surface area contributed by atoms with Gasteiger partial charge in [0, 0.05) is 25.0 Å². The number of carbonyl (C=O) groups excluding carboxylic acids is 2. The van der Waals surface area contributed by atoms with Crippen LogP contribution in [0.5, 0.6) is 0 Å². The number of amides is 2. The van der Waals surface area contributed by atoms with Crippen LogP contribution in [0.15, 0.2) is 41.8 Å². The molecule has 0 bridgehead atoms. The van der Waals surface area contributed by atoms with Gasteiger partial charge >= 0.3 is 0 Å². The molecule has 0 unspecified atom stereocenters. The Balaban J connectivity index is 1.63. The molecule has 2 N–H and O–H groups in total. The fourth-order valence-corrected chi connectivity index (χ4v) is 3.59. The number of nitrogens with zero attached hydrogens (tertiary/aromatic N) is 2. The number of carbonyl (C=O) groups is 2. The maximum absolute atomic E-state index is 12.5. The lowest BCUT2D eigenvalue weighted by atomic mass is 10.3. The molecule has 0 saturated heterocycles. The van der Waals surface area contributed by atoms with Gasteiger partial charge in [0.15, 0.2) is 0 Å². The number of para-hydroxylation sites is 2. The van der Waals surface area contributed by atoms with Crippen LogP contribution < -0.4 is 10.6 Å². The molecular weight excluding hydrogens is 376 g/mol. The van der Waals surface area contributed by atoms with E-state index in [1.54, 1.807) is 11.3 Å². The number of hydrogen-bond donors (Lipinski definition) is 2. The number of nitrogens with one attached hydrogen (secondary N) is 2. The Morgan fingerprint density at radius 3 is 2.79 bits per heavy atom. The quantitative estimate of drug-likeness (QED) is 0.511. The molecule has 7 nitrogen and oxygen atoms in total. The predicted molar refractivity (Wildman–Crippen MR) is 109 cm³/mol. The summed E-state index contributed by atoms with van der Waals surface area (Å²) in [4.78, 5) is 29.7. The third kappa shape index (κ3) is 5.40. The summed E-state index contributed by atoms with van der Waals surface area (Å²) in [5.74, 6) is 0.656. The summed E-state index contributed by atoms with van der Waals surface area (Å²) in [5.41, 5.74) is 1.80. The highest BCUT2D eigenvalue weighted by Gasteiger charge is 2.13. The van der Waals surface area contributed by atoms with Crippen molar-refractivity contribution in [3.8, 4) is 0 Å². The highest BCUT2D eigenvalue weighted by molar-refractivity contribution is 7.09. The lowest BCUT2D eigenvalue weighted by Gasteiger charge is -2.10. The van der Waals surface area contributed by atoms with Crippen LogP contribution >= 0.6 is 11.3 Å². The standard InChI is InChI=1S/C20H24N4O3S/c1-27-14-20(26)21-10-4-9-18-23-16-7-2-3-8-17(16)24(18)13-19(25)22-12-15-6-5-11-28-15/h2-3,5-8,11H,4,9-10,12-14H2,1H3,(H,21,26)(H,22,25). The molecule has 0 atom stereocenters. The first-order valence-electron chi connectivity index (χ1n) is 9.16. The minimum Gasteiger partial charge on any atom is -0.375 e. The molecule has 28 heavy (non-hydrogen) atoms. The van der Waals surface area contributed by atoms with Gasteiger partial charge < -0.3 is 19.9 Å². The highest BCUT2D eigenvalue weighted by Crippen LogP contribution is 2.17. The number of ether oxygens (including phenoxy) is 1. The van der Waals surface area contributed by atoms with E-state index < -0.39 is 0 Å². The van der Waals surface area contributed by atoms with E-state index in [0.717, 1.165) is 28.2 Å². The largest absolute Gasteiger partial charge is 0.375 e. The zero-order chi connectivity index (χ0) is 19.8. The van der Waals surface area contributed by atoms with Crippen molar-refractivity contribution in [2.24, 2.45) is 0 Å². The van der Waals surface area contributed by atoms with E-state index in [4.69, 9.17) is 4.74 Å². The Morgan fingerprint density at radius 2 is 2.00 bits per heavy atom. The van der Waals surface area contributed by atoms with Crippen molar-refractivity contribution < 1.29 is 14.3 Å². The molecule has 0 aliphatic carbocycles. The lowest BCUT2D eigenvalue weighted by Crippen LogP contribution is -2.29. The molecule has 0 fully saturated rings. The molecule has 3 aromatic rings. The topological polar surface area (TPSA) is 85.2 Å². The lowest BCUT2D eigenvalue weighted by molar-refractivity contribution is -0.124. The Morgan fingerprint density at radius 1 is 1.14 bits per heavy atom. The van der Waals surface area contributed by atoms with Gasteiger partial charge in [0.05, 0.1) is 17.6 Å². The zero-order valence-electron chi connectivity index (χ0n) is 15.8. The van der Waals surface area contributed by atoms with E-state index >= 15 is 0 Å². The molecule has 148 valence electrons. The van der Waals surface area contributed by atoms with Gasteiger partial charge in [0.1, 0.15) is 19.0 Å². The Bertz CT molecular complexity index is 921. The van der Waals surface area contributed by atoms with E-state index in [1.165, 1.54) is 7.11 Å². The second-order valence-corrected chi connectivity index (χ2v) is 7.38. The fourth-order valence-electron chi connectivity index (χ4n) is 2.95. The van der Waals surface area contributed by atoms with Gasteiger partial charge in [-0.1, -0.05) is 18.2 Å². The minimum absolute atomic E-state index is 0.0498. The maximum atomic E-state index is 12.5. The number of imidazole rings is 1. The first-order valence-corrected chi connectivity index (χ1v) is 10.0. The summed E-state index contributed by atoms with van der Waals surface area (Å²) in [6.07, 6.45) is 1.40. The Kier molecular flexibility index (Phi) is 7.16. The molecular formula is C20H24N4O3S. The van der Waals surface area contributed by atoms with Gasteiger partial charge in [-0.15, -0.1) is 11.3 Å². The average Bonchev–Trinajstić information content (AvgIpc) is 3.32. The minimum atomic E-state index is -0.135. The molecule has 0 radical (unpaired) electrons. The highest BCUT2D eigenvalue weighted by atomic mass is 32.1. The van der Waals surface area contributed by atoms with Crippen LogP contribution in [0.3, 0.4) is 0 Å². The van der Waals surface area contributed by atoms with Crippen molar-refractivity contribution in [2.75, 3.05) is 20.3 Å². The van der Waals surface area contributed by atoms with Crippen LogP contribution in [0.1, 0.15) is 17.1 Å². The van der Waals surface area contributed by atoms with Crippen LogP contribution in [0, 0.1) is 0 Å². The summed E-state index contributed by atoms with van der Waals surface area (Å²) in [5, 5.41) is 7.76. The number of benzene rings is 1. The molecule has 3 rings (SSSR count). The molecule has 2 aromatic heterocycles. The molecule has 0 aliphatic heterocycles. The SMILES string of the molecule is COCC(=O)NCCCc1nc2ccccc2n1CC(=O)NCc1cccs1. The molecule has 0 saturated carbocycles. The van der Waals surface area contributed by atoms with Gasteiger partial charge in [0.2, 0.25) is 11.8 Å². The van der Waals surface area contributed by atoms with Gasteiger partial charge in [-0.3, -0.25) is 9.59 Å². The summed E-state index contributed by atoms with van der Waals surface area (Å²) < 4.78 is 6.75. The van der Waals surface area contributed by atoms with Crippen molar-refractivity contribution in [1.82, 2.24) is 20.2 Å². The second kappa shape index (κ2) is 10.0. The van der Waals surface area contributed by atoms with Gasteiger partial charge in [0.25, 0.3) is 0 Å². The first-order chi connectivity index (χ1) is 13.7. The number of thiophene rings is 1. The van der Waals surface area contributed by atoms with Crippen molar-refractivity contribution in [2.45, 2.75) is 25.9 Å². The van der Waals surface area contributed by atoms with Crippen molar-refractivity contribution in [1.29, 1.82) is 0 Å². The molecule has 0 aliphatic rings. The molecule has 8 heteroatoms. The summed E-state index contributed by atoms with van der Waals surface area (Å²) in [6, 6.07) is 11.8. The third-order valence-electron chi connectivity index (χ3n) is 4.25. The first kappa shape index (κ1) is 20.0. The molecule has 2 amide bonds. The molecule has 2 heterocycles. The van der Waals surface area contributed by atoms with Crippen LogP contribution in [0.2, 0.25) is 0 Å². The fraction of sp³-hybridized carbons (Fsp3) is 0.350. The number of rotatable bonds is 10. The van der Waals surface area contributed by atoms with E-state index in [1.807, 2.05) is 46.3 Å². The summed E-state index contributed by atoms with van der Waals surface area (Å²) >= 11 is 1.62. The van der Waals surface area contributed by atoms with Crippen LogP contribution in [0.25, 0.3) is 11.0 Å². The zero-order valence-corrected chi connectivity index (χ0v) is 16.6. The van der Waals surface area contributed by atoms with Crippen molar-refractivity contribution >= 4 is 34.2 Å². The summed E-state index contributed by atoms with van der Waals surface area (Å²) in [6.45, 7) is 1.35. The van der Waals surface area contributed by atoms with E-state index in [0.29, 0.717) is 19.5 Å². The second-order valence-electron chi connectivity index (χ2n) is 6.35. The molecule has 1 aromatic carbocycles. The smallest absolute Gasteiger partial charge is 0.245 e. The van der Waals surface area contributed by atoms with E-state index in [-0.39, 0.29) is 25.0 Å². The van der Waals surface area contributed by atoms with Crippen LogP contribution in [-0.4, -0.2) is 41.6 Å². The third-order valence-corrected chi connectivity index (χ3v) is 5.13. The Labute approximate surface area is 167 Å². The number of fused-ring (bicyclic) bond motifs is 1. The van der Waals surface area contributed by atoms with Crippen LogP contribution in [0.4, 0.5) is 0 Å². The van der Waals surface area contributed by atoms with Gasteiger partial charge in [-0.05, 0) is 30.0 Å². The number of hydrogen-bond acceptors (Lipinski definition) is 5. The van der Waals surface area contributed by atoms with Crippen molar-refractivity contribution in [3.05, 3.63) is 52.5 Å². The van der Waals surface area contributed by atoms with Crippen LogP contribution in [-0.2, 0) is 33.8 Å². The predicted octanol–water partition coefficient (Wildman–Crippen LogP) is 2.11. The average molecular weight is 401 g/mol. The van der Waals surface area contributed by atoms with Gasteiger partial charge in [-0.2, -0.15) is 0 Å². The van der Waals surface area contributed by atoms with Gasteiger partial charge in [-0.25, -0.2) is 4.98 Å². The van der Waals surface area contributed by atoms with E-state index in [2.05, 4.69) is 15.6 Å². The Hall–Kier alpha value is -2.71. The number of aryl methyl sites for hydroxylation is 1. The normalized spacial score (nSPS) is 10.9.